The first-order valence-corrected chi connectivity index (χ1v) is 20.9. The van der Waals surface area contributed by atoms with Gasteiger partial charge < -0.3 is 9.80 Å². The molecule has 296 valence electrons. The molecule has 1 aliphatic carbocycles. The van der Waals surface area contributed by atoms with E-state index >= 15 is 0 Å². The van der Waals surface area contributed by atoms with E-state index in [4.69, 9.17) is 10.2 Å². The normalized spacial score (nSPS) is 12.0. The molecular formula is C54H40N8. The minimum Gasteiger partial charge on any atom is -0.311 e. The van der Waals surface area contributed by atoms with E-state index in [0.717, 1.165) is 103 Å². The monoisotopic (exact) mass is 800 g/mol. The second-order valence-electron chi connectivity index (χ2n) is 15.3. The highest BCUT2D eigenvalue weighted by molar-refractivity contribution is 5.81. The number of anilines is 6. The molecule has 62 heavy (non-hydrogen) atoms. The molecule has 0 bridgehead atoms. The summed E-state index contributed by atoms with van der Waals surface area (Å²) in [5.41, 5.74) is 16.6. The first-order valence-electron chi connectivity index (χ1n) is 20.9. The summed E-state index contributed by atoms with van der Waals surface area (Å²) < 4.78 is 0. The Morgan fingerprint density at radius 1 is 0.339 bits per heavy atom. The quantitative estimate of drug-likeness (QED) is 0.137. The van der Waals surface area contributed by atoms with Gasteiger partial charge in [0.1, 0.15) is 16.7 Å². The average Bonchev–Trinajstić information content (AvgIpc) is 3.99. The molecule has 0 aliphatic heterocycles. The SMILES string of the molecule is C1=Cc2nn(-c3ccc(N(c4ccccc4)c4ccc(-c5ccc(-c6ccc(N(c7ccccc7)c7ccc(-n8nc9ccccc9n8)cc7)cc6)cc5)cc4)cc3)nc2CC1. The van der Waals surface area contributed by atoms with Crippen LogP contribution in [0, 0.1) is 0 Å². The van der Waals surface area contributed by atoms with Gasteiger partial charge in [-0.15, -0.1) is 15.3 Å². The molecule has 0 spiro atoms. The molecule has 2 aromatic heterocycles. The maximum Gasteiger partial charge on any atom is 0.113 e. The Morgan fingerprint density at radius 3 is 1.11 bits per heavy atom. The number of benzene rings is 8. The van der Waals surface area contributed by atoms with Crippen molar-refractivity contribution in [2.24, 2.45) is 0 Å². The van der Waals surface area contributed by atoms with Gasteiger partial charge in [0.15, 0.2) is 0 Å². The van der Waals surface area contributed by atoms with E-state index in [-0.39, 0.29) is 0 Å². The van der Waals surface area contributed by atoms with E-state index < -0.39 is 0 Å². The Labute approximate surface area is 359 Å². The summed E-state index contributed by atoms with van der Waals surface area (Å²) in [6, 6.07) is 72.1. The Morgan fingerprint density at radius 2 is 0.694 bits per heavy atom. The molecule has 0 N–H and O–H groups in total. The summed E-state index contributed by atoms with van der Waals surface area (Å²) in [6.45, 7) is 0. The number of allylic oxidation sites excluding steroid dienone is 1. The molecule has 0 saturated heterocycles. The summed E-state index contributed by atoms with van der Waals surface area (Å²) in [5.74, 6) is 0. The molecule has 0 fully saturated rings. The maximum absolute atomic E-state index is 4.75. The van der Waals surface area contributed by atoms with Gasteiger partial charge in [-0.05, 0) is 150 Å². The van der Waals surface area contributed by atoms with Gasteiger partial charge in [0.2, 0.25) is 0 Å². The molecule has 0 unspecified atom stereocenters. The third-order valence-electron chi connectivity index (χ3n) is 11.3. The van der Waals surface area contributed by atoms with Crippen molar-refractivity contribution in [2.75, 3.05) is 9.80 Å². The third-order valence-corrected chi connectivity index (χ3v) is 11.3. The maximum atomic E-state index is 4.75. The molecule has 2 heterocycles. The lowest BCUT2D eigenvalue weighted by molar-refractivity contribution is 0.736. The van der Waals surface area contributed by atoms with Crippen LogP contribution >= 0.6 is 0 Å². The molecule has 10 aromatic rings. The van der Waals surface area contributed by atoms with Crippen LogP contribution in [0.2, 0.25) is 0 Å². The first-order chi connectivity index (χ1) is 30.7. The summed E-state index contributed by atoms with van der Waals surface area (Å²) in [4.78, 5) is 7.99. The van der Waals surface area contributed by atoms with E-state index in [1.165, 1.54) is 0 Å². The van der Waals surface area contributed by atoms with Crippen molar-refractivity contribution in [2.45, 2.75) is 12.8 Å². The highest BCUT2D eigenvalue weighted by Gasteiger charge is 2.17. The van der Waals surface area contributed by atoms with Gasteiger partial charge in [-0.25, -0.2) is 0 Å². The predicted octanol–water partition coefficient (Wildman–Crippen LogP) is 13.2. The molecule has 11 rings (SSSR count). The number of rotatable bonds is 10. The fraction of sp³-hybridized carbons (Fsp3) is 0.0370. The van der Waals surface area contributed by atoms with Crippen molar-refractivity contribution in [1.29, 1.82) is 0 Å². The molecule has 8 nitrogen and oxygen atoms in total. The lowest BCUT2D eigenvalue weighted by atomic mass is 9.99. The number of para-hydroxylation sites is 2. The molecule has 8 heteroatoms. The van der Waals surface area contributed by atoms with Crippen LogP contribution in [0.5, 0.6) is 0 Å². The van der Waals surface area contributed by atoms with E-state index in [1.54, 1.807) is 9.59 Å². The van der Waals surface area contributed by atoms with Gasteiger partial charge >= 0.3 is 0 Å². The van der Waals surface area contributed by atoms with Crippen LogP contribution < -0.4 is 9.80 Å². The zero-order chi connectivity index (χ0) is 41.2. The van der Waals surface area contributed by atoms with E-state index in [1.807, 2.05) is 36.4 Å². The van der Waals surface area contributed by atoms with Gasteiger partial charge in [-0.1, -0.05) is 103 Å². The van der Waals surface area contributed by atoms with E-state index in [0.29, 0.717) is 0 Å². The highest BCUT2D eigenvalue weighted by Crippen LogP contribution is 2.38. The molecule has 0 amide bonds. The largest absolute Gasteiger partial charge is 0.311 e. The molecule has 0 radical (unpaired) electrons. The van der Waals surface area contributed by atoms with Crippen molar-refractivity contribution >= 4 is 51.2 Å². The summed E-state index contributed by atoms with van der Waals surface area (Å²) in [5, 5.41) is 18.8. The predicted molar refractivity (Wildman–Crippen MR) is 251 cm³/mol. The van der Waals surface area contributed by atoms with Crippen molar-refractivity contribution < 1.29 is 0 Å². The Kier molecular flexibility index (Phi) is 9.48. The van der Waals surface area contributed by atoms with Crippen molar-refractivity contribution in [3.63, 3.8) is 0 Å². The zero-order valence-corrected chi connectivity index (χ0v) is 33.8. The number of nitrogens with zero attached hydrogens (tertiary/aromatic N) is 8. The molecule has 0 atom stereocenters. The zero-order valence-electron chi connectivity index (χ0n) is 33.8. The van der Waals surface area contributed by atoms with Crippen LogP contribution in [-0.4, -0.2) is 30.0 Å². The summed E-state index contributed by atoms with van der Waals surface area (Å²) in [7, 11) is 0. The second kappa shape index (κ2) is 16.0. The Hall–Kier alpha value is -8.36. The van der Waals surface area contributed by atoms with Gasteiger partial charge in [-0.3, -0.25) is 0 Å². The number of aromatic nitrogens is 6. The minimum absolute atomic E-state index is 0.872. The van der Waals surface area contributed by atoms with E-state index in [2.05, 4.69) is 202 Å². The van der Waals surface area contributed by atoms with Crippen LogP contribution in [0.25, 0.3) is 50.7 Å². The summed E-state index contributed by atoms with van der Waals surface area (Å²) in [6.07, 6.45) is 6.16. The van der Waals surface area contributed by atoms with Gasteiger partial charge in [0.25, 0.3) is 0 Å². The number of fused-ring (bicyclic) bond motifs is 2. The topological polar surface area (TPSA) is 67.9 Å². The van der Waals surface area contributed by atoms with Crippen LogP contribution in [-0.2, 0) is 6.42 Å². The average molecular weight is 801 g/mol. The number of aryl methyl sites for hydroxylation is 1. The smallest absolute Gasteiger partial charge is 0.113 e. The fourth-order valence-electron chi connectivity index (χ4n) is 8.14. The van der Waals surface area contributed by atoms with Crippen LogP contribution in [0.15, 0.2) is 212 Å². The molecular weight excluding hydrogens is 761 g/mol. The fourth-order valence-corrected chi connectivity index (χ4v) is 8.14. The standard InChI is InChI=1S/C54H40N8/c1-3-11-43(12-4-1)59(47-31-35-49(36-32-47)61-55-51-15-7-8-16-52(51)56-61)45-27-23-41(24-28-45)39-19-21-40(22-20-39)42-25-29-46(30-26-42)60(44-13-5-2-6-14-44)48-33-37-50(38-34-48)62-57-53-17-9-10-18-54(53)58-62/h1-9,11-17,19-38H,10,18H2. The third kappa shape index (κ3) is 7.20. The van der Waals surface area contributed by atoms with Crippen LogP contribution in [0.4, 0.5) is 34.1 Å². The molecule has 8 aromatic carbocycles. The Balaban J connectivity index is 0.822. The second-order valence-corrected chi connectivity index (χ2v) is 15.3. The number of hydrogen-bond acceptors (Lipinski definition) is 6. The van der Waals surface area contributed by atoms with Crippen LogP contribution in [0.1, 0.15) is 17.8 Å². The lowest BCUT2D eigenvalue weighted by Gasteiger charge is -2.26. The number of hydrogen-bond donors (Lipinski definition) is 0. The lowest BCUT2D eigenvalue weighted by Crippen LogP contribution is -2.10. The van der Waals surface area contributed by atoms with E-state index in [9.17, 15) is 0 Å². The molecule has 0 saturated carbocycles. The van der Waals surface area contributed by atoms with Gasteiger partial charge in [-0.2, -0.15) is 14.7 Å². The van der Waals surface area contributed by atoms with Gasteiger partial charge in [0, 0.05) is 34.1 Å². The van der Waals surface area contributed by atoms with Gasteiger partial charge in [0.05, 0.1) is 17.1 Å². The van der Waals surface area contributed by atoms with Crippen molar-refractivity contribution in [3.8, 4) is 33.6 Å². The van der Waals surface area contributed by atoms with Crippen molar-refractivity contribution in [1.82, 2.24) is 30.0 Å². The van der Waals surface area contributed by atoms with Crippen LogP contribution in [0.3, 0.4) is 0 Å². The minimum atomic E-state index is 0.872. The van der Waals surface area contributed by atoms with Crippen molar-refractivity contribution in [3.05, 3.63) is 224 Å². The highest BCUT2D eigenvalue weighted by atomic mass is 15.5. The molecule has 1 aliphatic rings. The summed E-state index contributed by atoms with van der Waals surface area (Å²) >= 11 is 0. The Bertz CT molecular complexity index is 3100. The first kappa shape index (κ1) is 36.7.